The summed E-state index contributed by atoms with van der Waals surface area (Å²) >= 11 is 0. The first-order valence-corrected chi connectivity index (χ1v) is 9.99. The molecule has 138 valence electrons. The molecule has 0 bridgehead atoms. The first-order valence-electron chi connectivity index (χ1n) is 8.55. The van der Waals surface area contributed by atoms with Gasteiger partial charge in [0.2, 0.25) is 0 Å². The van der Waals surface area contributed by atoms with Gasteiger partial charge in [-0.05, 0) is 67.8 Å². The molecule has 0 aromatic heterocycles. The summed E-state index contributed by atoms with van der Waals surface area (Å²) in [6.07, 6.45) is 1.36. The number of sulfonamides is 1. The van der Waals surface area contributed by atoms with E-state index in [0.29, 0.717) is 24.2 Å². The monoisotopic (exact) mass is 376 g/mol. The summed E-state index contributed by atoms with van der Waals surface area (Å²) in [6.45, 7) is 4.39. The molecule has 1 amide bonds. The van der Waals surface area contributed by atoms with Crippen molar-refractivity contribution in [2.45, 2.75) is 37.6 Å². The number of nitrogens with zero attached hydrogens (tertiary/aromatic N) is 1. The van der Waals surface area contributed by atoms with Crippen LogP contribution in [0, 0.1) is 5.82 Å². The zero-order valence-electron chi connectivity index (χ0n) is 14.7. The van der Waals surface area contributed by atoms with E-state index < -0.39 is 15.8 Å². The van der Waals surface area contributed by atoms with Gasteiger partial charge in [0.05, 0.1) is 10.6 Å². The molecule has 1 atom stereocenters. The first-order chi connectivity index (χ1) is 12.3. The summed E-state index contributed by atoms with van der Waals surface area (Å²) in [5.41, 5.74) is 1.90. The highest BCUT2D eigenvalue weighted by atomic mass is 32.2. The van der Waals surface area contributed by atoms with Crippen molar-refractivity contribution < 1.29 is 17.6 Å². The van der Waals surface area contributed by atoms with E-state index >= 15 is 0 Å². The van der Waals surface area contributed by atoms with Gasteiger partial charge >= 0.3 is 0 Å². The Balaban J connectivity index is 1.95. The zero-order valence-corrected chi connectivity index (χ0v) is 15.5. The lowest BCUT2D eigenvalue weighted by molar-refractivity contribution is 0.0953. The van der Waals surface area contributed by atoms with E-state index in [4.69, 9.17) is 0 Å². The van der Waals surface area contributed by atoms with Gasteiger partial charge in [0.25, 0.3) is 15.9 Å². The molecule has 0 saturated heterocycles. The van der Waals surface area contributed by atoms with Gasteiger partial charge in [0, 0.05) is 18.2 Å². The second-order valence-corrected chi connectivity index (χ2v) is 8.22. The number of benzene rings is 2. The van der Waals surface area contributed by atoms with Crippen molar-refractivity contribution in [1.29, 1.82) is 0 Å². The van der Waals surface area contributed by atoms with E-state index in [-0.39, 0.29) is 16.8 Å². The molecule has 3 rings (SSSR count). The average molecular weight is 376 g/mol. The van der Waals surface area contributed by atoms with Crippen molar-refractivity contribution in [1.82, 2.24) is 5.32 Å². The summed E-state index contributed by atoms with van der Waals surface area (Å²) in [6, 6.07) is 9.57. The van der Waals surface area contributed by atoms with Crippen molar-refractivity contribution in [2.75, 3.05) is 10.8 Å². The van der Waals surface area contributed by atoms with Crippen LogP contribution in [0.1, 0.15) is 36.2 Å². The maximum atomic E-state index is 13.1. The Kier molecular flexibility index (Phi) is 5.00. The van der Waals surface area contributed by atoms with E-state index in [2.05, 4.69) is 5.32 Å². The van der Waals surface area contributed by atoms with Gasteiger partial charge in [-0.25, -0.2) is 12.8 Å². The fraction of sp³-hybridized carbons (Fsp3) is 0.316. The topological polar surface area (TPSA) is 66.5 Å². The van der Waals surface area contributed by atoms with Crippen LogP contribution in [0.4, 0.5) is 10.1 Å². The highest BCUT2D eigenvalue weighted by Crippen LogP contribution is 2.37. The Hall–Kier alpha value is -2.41. The third kappa shape index (κ3) is 3.31. The average Bonchev–Trinajstić information content (AvgIpc) is 2.95. The molecule has 1 aliphatic rings. The number of hydrogen-bond acceptors (Lipinski definition) is 3. The molecular formula is C19H21FN2O3S. The number of nitrogens with one attached hydrogen (secondary N) is 1. The van der Waals surface area contributed by atoms with Gasteiger partial charge in [0.1, 0.15) is 5.82 Å². The minimum absolute atomic E-state index is 0.0448. The van der Waals surface area contributed by atoms with Gasteiger partial charge in [-0.1, -0.05) is 6.92 Å². The highest BCUT2D eigenvalue weighted by Gasteiger charge is 2.36. The highest BCUT2D eigenvalue weighted by molar-refractivity contribution is 7.92. The molecule has 0 aliphatic carbocycles. The molecule has 1 N–H and O–H groups in total. The van der Waals surface area contributed by atoms with Gasteiger partial charge < -0.3 is 5.32 Å². The number of carbonyl (C=O) groups is 1. The molecule has 0 fully saturated rings. The van der Waals surface area contributed by atoms with Crippen LogP contribution in [0.3, 0.4) is 0 Å². The van der Waals surface area contributed by atoms with Crippen LogP contribution in [0.25, 0.3) is 0 Å². The molecule has 0 unspecified atom stereocenters. The van der Waals surface area contributed by atoms with Crippen molar-refractivity contribution in [3.8, 4) is 0 Å². The second kappa shape index (κ2) is 7.07. The molecule has 2 aromatic rings. The van der Waals surface area contributed by atoms with E-state index in [0.717, 1.165) is 24.1 Å². The Morgan fingerprint density at radius 1 is 1.23 bits per heavy atom. The molecule has 0 radical (unpaired) electrons. The van der Waals surface area contributed by atoms with Crippen LogP contribution in [0.5, 0.6) is 0 Å². The van der Waals surface area contributed by atoms with Gasteiger partial charge in [-0.2, -0.15) is 0 Å². The predicted molar refractivity (Wildman–Crippen MR) is 98.3 cm³/mol. The van der Waals surface area contributed by atoms with Gasteiger partial charge in [-0.3, -0.25) is 9.10 Å². The molecule has 26 heavy (non-hydrogen) atoms. The summed E-state index contributed by atoms with van der Waals surface area (Å²) in [7, 11) is -3.80. The molecule has 2 aromatic carbocycles. The molecule has 1 aliphatic heterocycles. The van der Waals surface area contributed by atoms with Crippen molar-refractivity contribution in [3.05, 3.63) is 59.4 Å². The zero-order chi connectivity index (χ0) is 18.9. The van der Waals surface area contributed by atoms with E-state index in [1.54, 1.807) is 18.2 Å². The Morgan fingerprint density at radius 2 is 1.92 bits per heavy atom. The van der Waals surface area contributed by atoms with Crippen LogP contribution in [-0.4, -0.2) is 26.9 Å². The Labute approximate surface area is 152 Å². The third-order valence-electron chi connectivity index (χ3n) is 4.40. The van der Waals surface area contributed by atoms with Crippen molar-refractivity contribution in [2.24, 2.45) is 0 Å². The quantitative estimate of drug-likeness (QED) is 0.872. The number of hydrogen-bond donors (Lipinski definition) is 1. The largest absolute Gasteiger partial charge is 0.352 e. The number of rotatable bonds is 5. The van der Waals surface area contributed by atoms with Crippen LogP contribution in [-0.2, 0) is 16.4 Å². The normalized spacial score (nSPS) is 16.4. The molecule has 5 nitrogen and oxygen atoms in total. The van der Waals surface area contributed by atoms with Crippen LogP contribution in [0.2, 0.25) is 0 Å². The standard InChI is InChI=1S/C19H21FN2O3S/c1-3-10-21-19(23)14-4-9-18-15(12-14)11-13(2)22(18)26(24,25)17-7-5-16(20)6-8-17/h4-9,12-13H,3,10-11H2,1-2H3,(H,21,23)/t13-/m0/s1. The molecule has 0 saturated carbocycles. The minimum Gasteiger partial charge on any atom is -0.352 e. The van der Waals surface area contributed by atoms with Crippen LogP contribution in [0.15, 0.2) is 47.4 Å². The lowest BCUT2D eigenvalue weighted by Gasteiger charge is -2.24. The smallest absolute Gasteiger partial charge is 0.264 e. The Bertz CT molecular complexity index is 926. The van der Waals surface area contributed by atoms with Gasteiger partial charge in [0.15, 0.2) is 0 Å². The second-order valence-electron chi connectivity index (χ2n) is 6.41. The fourth-order valence-corrected chi connectivity index (χ4v) is 4.86. The third-order valence-corrected chi connectivity index (χ3v) is 6.34. The lowest BCUT2D eigenvalue weighted by Crippen LogP contribution is -2.35. The van der Waals surface area contributed by atoms with Crippen molar-refractivity contribution in [3.63, 3.8) is 0 Å². The van der Waals surface area contributed by atoms with Crippen molar-refractivity contribution >= 4 is 21.6 Å². The lowest BCUT2D eigenvalue weighted by atomic mass is 10.1. The van der Waals surface area contributed by atoms with Crippen LogP contribution >= 0.6 is 0 Å². The van der Waals surface area contributed by atoms with E-state index in [9.17, 15) is 17.6 Å². The maximum absolute atomic E-state index is 13.1. The number of fused-ring (bicyclic) bond motifs is 1. The van der Waals surface area contributed by atoms with Gasteiger partial charge in [-0.15, -0.1) is 0 Å². The minimum atomic E-state index is -3.80. The SMILES string of the molecule is CCCNC(=O)c1ccc2c(c1)C[C@H](C)N2S(=O)(=O)c1ccc(F)cc1. The Morgan fingerprint density at radius 3 is 2.58 bits per heavy atom. The summed E-state index contributed by atoms with van der Waals surface area (Å²) < 4.78 is 40.5. The summed E-state index contributed by atoms with van der Waals surface area (Å²) in [4.78, 5) is 12.2. The molecule has 1 heterocycles. The number of carbonyl (C=O) groups excluding carboxylic acids is 1. The molecular weight excluding hydrogens is 355 g/mol. The van der Waals surface area contributed by atoms with E-state index in [1.165, 1.54) is 16.4 Å². The number of halogens is 1. The number of anilines is 1. The maximum Gasteiger partial charge on any atom is 0.264 e. The predicted octanol–water partition coefficient (Wildman–Crippen LogP) is 3.11. The first kappa shape index (κ1) is 18.4. The fourth-order valence-electron chi connectivity index (χ4n) is 3.17. The summed E-state index contributed by atoms with van der Waals surface area (Å²) in [5.74, 6) is -0.649. The number of amides is 1. The molecule has 0 spiro atoms. The van der Waals surface area contributed by atoms with E-state index in [1.807, 2.05) is 13.8 Å². The summed E-state index contributed by atoms with van der Waals surface area (Å²) in [5, 5.41) is 2.82. The van der Waals surface area contributed by atoms with Crippen LogP contribution < -0.4 is 9.62 Å². The molecule has 7 heteroatoms.